The zero-order valence-corrected chi connectivity index (χ0v) is 13.4. The smallest absolute Gasteiger partial charge is 0.211 e. The zero-order valence-electron chi connectivity index (χ0n) is 11.7. The molecule has 4 nitrogen and oxygen atoms in total. The number of aliphatic hydroxyl groups is 1. The number of sulfonamides is 1. The van der Waals surface area contributed by atoms with Gasteiger partial charge in [-0.2, -0.15) is 11.3 Å². The Morgan fingerprint density at radius 3 is 2.74 bits per heavy atom. The minimum absolute atomic E-state index is 0.00487. The highest BCUT2D eigenvalue weighted by Crippen LogP contribution is 2.22. The van der Waals surface area contributed by atoms with Gasteiger partial charge in [0.1, 0.15) is 5.60 Å². The van der Waals surface area contributed by atoms with Gasteiger partial charge >= 0.3 is 0 Å². The van der Waals surface area contributed by atoms with E-state index in [4.69, 9.17) is 0 Å². The normalized spacial score (nSPS) is 17.1. The molecule has 0 aliphatic rings. The molecule has 0 amide bonds. The lowest BCUT2D eigenvalue weighted by atomic mass is 10.0. The first-order chi connectivity index (χ1) is 8.77. The Kier molecular flexibility index (Phi) is 5.98. The molecule has 1 heterocycles. The van der Waals surface area contributed by atoms with Crippen molar-refractivity contribution in [3.8, 4) is 0 Å². The average molecular weight is 305 g/mol. The van der Waals surface area contributed by atoms with Crippen LogP contribution in [0.5, 0.6) is 0 Å². The fourth-order valence-electron chi connectivity index (χ4n) is 1.93. The highest BCUT2D eigenvalue weighted by molar-refractivity contribution is 7.89. The Labute approximate surface area is 119 Å². The zero-order chi connectivity index (χ0) is 14.5. The van der Waals surface area contributed by atoms with Crippen molar-refractivity contribution in [2.45, 2.75) is 39.2 Å². The van der Waals surface area contributed by atoms with Crippen molar-refractivity contribution in [3.05, 3.63) is 22.4 Å². The molecule has 0 saturated heterocycles. The van der Waals surface area contributed by atoms with Crippen LogP contribution in [-0.2, 0) is 15.6 Å². The predicted octanol–water partition coefficient (Wildman–Crippen LogP) is 2.31. The van der Waals surface area contributed by atoms with Crippen LogP contribution >= 0.6 is 11.3 Å². The summed E-state index contributed by atoms with van der Waals surface area (Å²) in [5, 5.41) is 13.9. The quantitative estimate of drug-likeness (QED) is 0.774. The minimum Gasteiger partial charge on any atom is -0.384 e. The summed E-state index contributed by atoms with van der Waals surface area (Å²) in [5.74, 6) is 0.245. The maximum atomic E-state index is 11.9. The monoisotopic (exact) mass is 305 g/mol. The van der Waals surface area contributed by atoms with Gasteiger partial charge in [-0.05, 0) is 41.7 Å². The third-order valence-corrected chi connectivity index (χ3v) is 5.34. The number of thiophene rings is 1. The van der Waals surface area contributed by atoms with Crippen molar-refractivity contribution in [3.63, 3.8) is 0 Å². The second-order valence-electron chi connectivity index (χ2n) is 5.28. The Hall–Kier alpha value is -0.430. The van der Waals surface area contributed by atoms with Crippen LogP contribution in [0.15, 0.2) is 16.8 Å². The molecule has 19 heavy (non-hydrogen) atoms. The maximum Gasteiger partial charge on any atom is 0.211 e. The van der Waals surface area contributed by atoms with Gasteiger partial charge in [-0.25, -0.2) is 13.1 Å². The van der Waals surface area contributed by atoms with Gasteiger partial charge in [0.2, 0.25) is 10.0 Å². The first-order valence-electron chi connectivity index (χ1n) is 6.49. The minimum atomic E-state index is -3.33. The van der Waals surface area contributed by atoms with Gasteiger partial charge in [-0.1, -0.05) is 20.3 Å². The number of hydrogen-bond donors (Lipinski definition) is 2. The first-order valence-corrected chi connectivity index (χ1v) is 9.08. The third kappa shape index (κ3) is 5.60. The van der Waals surface area contributed by atoms with E-state index in [0.29, 0.717) is 0 Å². The van der Waals surface area contributed by atoms with E-state index < -0.39 is 15.6 Å². The average Bonchev–Trinajstić information content (AvgIpc) is 2.80. The lowest BCUT2D eigenvalue weighted by Gasteiger charge is -2.23. The molecule has 1 rings (SSSR count). The molecule has 0 fully saturated rings. The molecular weight excluding hydrogens is 282 g/mol. The molecule has 0 bridgehead atoms. The lowest BCUT2D eigenvalue weighted by molar-refractivity contribution is 0.0632. The number of nitrogens with one attached hydrogen (secondary N) is 1. The largest absolute Gasteiger partial charge is 0.384 e. The Morgan fingerprint density at radius 1 is 1.53 bits per heavy atom. The lowest BCUT2D eigenvalue weighted by Crippen LogP contribution is -2.40. The highest BCUT2D eigenvalue weighted by atomic mass is 32.2. The van der Waals surface area contributed by atoms with E-state index in [-0.39, 0.29) is 18.2 Å². The summed E-state index contributed by atoms with van der Waals surface area (Å²) < 4.78 is 26.3. The number of hydrogen-bond acceptors (Lipinski definition) is 4. The molecule has 0 aliphatic carbocycles. The molecule has 110 valence electrons. The van der Waals surface area contributed by atoms with E-state index >= 15 is 0 Å². The molecule has 0 saturated carbocycles. The molecule has 0 spiro atoms. The molecule has 2 atom stereocenters. The van der Waals surface area contributed by atoms with E-state index in [9.17, 15) is 13.5 Å². The molecule has 0 aliphatic heterocycles. The van der Waals surface area contributed by atoms with E-state index in [2.05, 4.69) is 4.72 Å². The Bertz CT molecular complexity index is 466. The second kappa shape index (κ2) is 6.83. The van der Waals surface area contributed by atoms with E-state index in [1.807, 2.05) is 24.6 Å². The van der Waals surface area contributed by atoms with Gasteiger partial charge in [0, 0.05) is 6.54 Å². The molecule has 0 radical (unpaired) electrons. The van der Waals surface area contributed by atoms with E-state index in [0.717, 1.165) is 18.4 Å². The summed E-state index contributed by atoms with van der Waals surface area (Å²) in [6.07, 6.45) is 1.87. The van der Waals surface area contributed by atoms with Crippen LogP contribution in [0.1, 0.15) is 39.2 Å². The van der Waals surface area contributed by atoms with Crippen LogP contribution in [0.25, 0.3) is 0 Å². The summed E-state index contributed by atoms with van der Waals surface area (Å²) in [7, 11) is -3.33. The first kappa shape index (κ1) is 16.6. The van der Waals surface area contributed by atoms with Gasteiger partial charge in [-0.3, -0.25) is 0 Å². The SMILES string of the molecule is CCCC(C)CS(=O)(=O)NCC(C)(O)c1ccsc1. The number of rotatable bonds is 8. The van der Waals surface area contributed by atoms with Crippen molar-refractivity contribution in [2.75, 3.05) is 12.3 Å². The predicted molar refractivity (Wildman–Crippen MR) is 79.8 cm³/mol. The van der Waals surface area contributed by atoms with Gasteiger partial charge < -0.3 is 5.11 Å². The van der Waals surface area contributed by atoms with Crippen LogP contribution < -0.4 is 4.72 Å². The van der Waals surface area contributed by atoms with E-state index in [1.165, 1.54) is 11.3 Å². The Balaban J connectivity index is 2.56. The summed E-state index contributed by atoms with van der Waals surface area (Å²) in [6, 6.07) is 1.80. The molecule has 2 N–H and O–H groups in total. The molecule has 0 aromatic carbocycles. The molecule has 2 unspecified atom stereocenters. The summed E-state index contributed by atoms with van der Waals surface area (Å²) in [5.41, 5.74) is -0.428. The van der Waals surface area contributed by atoms with Crippen molar-refractivity contribution < 1.29 is 13.5 Å². The standard InChI is InChI=1S/C13H23NO3S2/c1-4-5-11(2)9-19(16,17)14-10-13(3,15)12-6-7-18-8-12/h6-8,11,14-15H,4-5,9-10H2,1-3H3. The Morgan fingerprint density at radius 2 is 2.21 bits per heavy atom. The summed E-state index contributed by atoms with van der Waals surface area (Å²) >= 11 is 1.48. The van der Waals surface area contributed by atoms with Crippen LogP contribution in [0, 0.1) is 5.92 Å². The van der Waals surface area contributed by atoms with Gasteiger partial charge in [0.05, 0.1) is 5.75 Å². The van der Waals surface area contributed by atoms with Gasteiger partial charge in [0.25, 0.3) is 0 Å². The topological polar surface area (TPSA) is 66.4 Å². The van der Waals surface area contributed by atoms with Crippen LogP contribution in [0.3, 0.4) is 0 Å². The fraction of sp³-hybridized carbons (Fsp3) is 0.692. The van der Waals surface area contributed by atoms with Crippen molar-refractivity contribution in [1.29, 1.82) is 0 Å². The molecular formula is C13H23NO3S2. The van der Waals surface area contributed by atoms with Gasteiger partial charge in [-0.15, -0.1) is 0 Å². The summed E-state index contributed by atoms with van der Waals surface area (Å²) in [6.45, 7) is 5.59. The fourth-order valence-corrected chi connectivity index (χ4v) is 4.25. The van der Waals surface area contributed by atoms with Gasteiger partial charge in [0.15, 0.2) is 0 Å². The molecule has 6 heteroatoms. The van der Waals surface area contributed by atoms with Crippen LogP contribution in [0.2, 0.25) is 0 Å². The van der Waals surface area contributed by atoms with Crippen LogP contribution in [-0.4, -0.2) is 25.8 Å². The van der Waals surface area contributed by atoms with E-state index in [1.54, 1.807) is 13.0 Å². The molecule has 1 aromatic rings. The summed E-state index contributed by atoms with van der Waals surface area (Å²) in [4.78, 5) is 0. The van der Waals surface area contributed by atoms with Crippen molar-refractivity contribution in [2.24, 2.45) is 5.92 Å². The van der Waals surface area contributed by atoms with Crippen molar-refractivity contribution >= 4 is 21.4 Å². The van der Waals surface area contributed by atoms with Crippen molar-refractivity contribution in [1.82, 2.24) is 4.72 Å². The third-order valence-electron chi connectivity index (χ3n) is 3.06. The molecule has 1 aromatic heterocycles. The second-order valence-corrected chi connectivity index (χ2v) is 7.91. The van der Waals surface area contributed by atoms with Crippen LogP contribution in [0.4, 0.5) is 0 Å². The maximum absolute atomic E-state index is 11.9. The highest BCUT2D eigenvalue weighted by Gasteiger charge is 2.26.